The molecule has 0 heterocycles. The molecule has 2 atom stereocenters. The molecule has 1 nitrogen and oxygen atoms in total. The molecule has 0 aromatic rings. The second-order valence-corrected chi connectivity index (χ2v) is 3.71. The molecule has 0 saturated carbocycles. The molecule has 0 fully saturated rings. The number of hydrogen-bond donors (Lipinski definition) is 0. The molecule has 0 bridgehead atoms. The van der Waals surface area contributed by atoms with Gasteiger partial charge in [-0.2, -0.15) is 0 Å². The van der Waals surface area contributed by atoms with E-state index >= 15 is 0 Å². The van der Waals surface area contributed by atoms with E-state index in [1.165, 1.54) is 19.3 Å². The van der Waals surface area contributed by atoms with E-state index in [2.05, 4.69) is 27.7 Å². The van der Waals surface area contributed by atoms with E-state index in [9.17, 15) is 0 Å². The summed E-state index contributed by atoms with van der Waals surface area (Å²) in [6.07, 6.45) is 3.59. The van der Waals surface area contributed by atoms with Crippen LogP contribution >= 0.6 is 0 Å². The van der Waals surface area contributed by atoms with Crippen molar-refractivity contribution in [3.63, 3.8) is 0 Å². The molecule has 1 radical (unpaired) electrons. The van der Waals surface area contributed by atoms with Crippen LogP contribution in [0.4, 0.5) is 0 Å². The Morgan fingerprint density at radius 1 is 0.944 bits per heavy atom. The summed E-state index contributed by atoms with van der Waals surface area (Å²) in [5.74, 6) is 1.18. The molecule has 2 heteroatoms. The Bertz CT molecular complexity index is 97.1. The largest absolute Gasteiger partial charge is 0.384 e. The summed E-state index contributed by atoms with van der Waals surface area (Å²) < 4.78 is 5.54. The van der Waals surface area contributed by atoms with Crippen LogP contribution in [0.25, 0.3) is 0 Å². The van der Waals surface area contributed by atoms with Gasteiger partial charge >= 0.3 is 0 Å². The summed E-state index contributed by atoms with van der Waals surface area (Å²) in [5.41, 5.74) is 0. The number of ether oxygens (including phenoxy) is 1. The zero-order valence-electron chi connectivity index (χ0n) is 9.38. The summed E-state index contributed by atoms with van der Waals surface area (Å²) in [7, 11) is 0. The Morgan fingerprint density at radius 2 is 1.39 bits per heavy atom. The van der Waals surface area contributed by atoms with Gasteiger partial charge in [-0.3, -0.25) is 0 Å². The van der Waals surface area contributed by atoms with Crippen molar-refractivity contribution in [2.24, 2.45) is 11.8 Å². The van der Waals surface area contributed by atoms with Gasteiger partial charge in [-0.25, -0.2) is 0 Å². The van der Waals surface area contributed by atoms with Crippen LogP contribution in [0.2, 0.25) is 0 Å². The van der Waals surface area contributed by atoms with E-state index in [-0.39, 0.29) is 69.8 Å². The van der Waals surface area contributed by atoms with Gasteiger partial charge in [0, 0.05) is 45.9 Å². The van der Waals surface area contributed by atoms with E-state index in [0.717, 1.165) is 13.2 Å². The summed E-state index contributed by atoms with van der Waals surface area (Å²) in [5, 5.41) is 0. The summed E-state index contributed by atoms with van der Waals surface area (Å²) in [6.45, 7) is 12.4. The molecule has 0 aliphatic heterocycles. The minimum absolute atomic E-state index is 0. The Balaban J connectivity index is -0.0000000403. The van der Waals surface area contributed by atoms with Crippen molar-refractivity contribution in [2.75, 3.05) is 13.2 Å². The molecule has 0 N–H and O–H groups in total. The van der Waals surface area contributed by atoms with E-state index in [4.69, 9.17) is 4.74 Å². The minimum atomic E-state index is 0. The molecule has 18 heavy (non-hydrogen) atoms. The molecule has 0 amide bonds. The Labute approximate surface area is 146 Å². The summed E-state index contributed by atoms with van der Waals surface area (Å²) in [4.78, 5) is 0. The van der Waals surface area contributed by atoms with Crippen molar-refractivity contribution in [3.05, 3.63) is 6.92 Å². The monoisotopic (exact) mass is 340 g/mol. The van der Waals surface area contributed by atoms with E-state index in [1.807, 2.05) is 0 Å². The quantitative estimate of drug-likeness (QED) is 0.482. The first-order valence-corrected chi connectivity index (χ1v) is 5.11. The van der Waals surface area contributed by atoms with Crippen molar-refractivity contribution < 1.29 is 37.4 Å². The van der Waals surface area contributed by atoms with Crippen molar-refractivity contribution in [3.8, 4) is 0 Å². The van der Waals surface area contributed by atoms with Crippen molar-refractivity contribution in [2.45, 2.75) is 77.2 Å². The standard InChI is InChI=1S/C11H23O.5CH4.Y/c1-5-7-11(4)9-12-8-10(3)6-2;;;;;;/h10-11H,4-9H2,1-3H3;5*1H4;/q-1;;;;;;. The van der Waals surface area contributed by atoms with E-state index in [0.29, 0.717) is 11.8 Å². The zero-order valence-corrected chi connectivity index (χ0v) is 12.2. The molecular weight excluding hydrogens is 297 g/mol. The maximum atomic E-state index is 5.54. The van der Waals surface area contributed by atoms with Gasteiger partial charge in [-0.05, 0) is 5.92 Å². The molecule has 0 rings (SSSR count). The topological polar surface area (TPSA) is 9.23 Å². The Morgan fingerprint density at radius 3 is 1.72 bits per heavy atom. The van der Waals surface area contributed by atoms with Gasteiger partial charge in [-0.1, -0.05) is 77.2 Å². The molecule has 117 valence electrons. The van der Waals surface area contributed by atoms with Crippen LogP contribution in [0.5, 0.6) is 0 Å². The smallest absolute Gasteiger partial charge is 0.0490 e. The van der Waals surface area contributed by atoms with Crippen LogP contribution in [0.15, 0.2) is 0 Å². The first-order chi connectivity index (χ1) is 5.70. The summed E-state index contributed by atoms with van der Waals surface area (Å²) >= 11 is 0. The minimum Gasteiger partial charge on any atom is -0.384 e. The molecule has 0 aromatic carbocycles. The third-order valence-corrected chi connectivity index (χ3v) is 2.15. The normalized spacial score (nSPS) is 10.7. The van der Waals surface area contributed by atoms with Crippen molar-refractivity contribution in [1.29, 1.82) is 0 Å². The average molecular weight is 340 g/mol. The second-order valence-electron chi connectivity index (χ2n) is 3.71. The molecule has 0 aliphatic carbocycles. The molecule has 0 aromatic heterocycles. The Kier molecular flexibility index (Phi) is 73.2. The maximum absolute atomic E-state index is 5.54. The van der Waals surface area contributed by atoms with E-state index < -0.39 is 0 Å². The van der Waals surface area contributed by atoms with Gasteiger partial charge in [0.05, 0.1) is 0 Å². The van der Waals surface area contributed by atoms with Gasteiger partial charge in [0.2, 0.25) is 0 Å². The van der Waals surface area contributed by atoms with Crippen LogP contribution in [0.1, 0.15) is 77.2 Å². The van der Waals surface area contributed by atoms with Crippen LogP contribution in [-0.2, 0) is 37.4 Å². The predicted octanol–water partition coefficient (Wildman–Crippen LogP) is 6.48. The summed E-state index contributed by atoms with van der Waals surface area (Å²) in [6, 6.07) is 0. The molecular formula is C16H43OY-. The van der Waals surface area contributed by atoms with Gasteiger partial charge in [0.1, 0.15) is 0 Å². The van der Waals surface area contributed by atoms with Gasteiger partial charge in [-0.15, -0.1) is 5.92 Å². The Hall–Kier alpha value is 1.06. The predicted molar refractivity (Wildman–Crippen MR) is 87.7 cm³/mol. The molecule has 0 saturated heterocycles. The van der Waals surface area contributed by atoms with Crippen LogP contribution in [-0.4, -0.2) is 13.2 Å². The molecule has 0 aliphatic rings. The van der Waals surface area contributed by atoms with Gasteiger partial charge in [0.25, 0.3) is 0 Å². The first-order valence-electron chi connectivity index (χ1n) is 5.11. The van der Waals surface area contributed by atoms with Crippen molar-refractivity contribution >= 4 is 0 Å². The first kappa shape index (κ1) is 42.7. The second kappa shape index (κ2) is 30.8. The fourth-order valence-electron chi connectivity index (χ4n) is 1.05. The van der Waals surface area contributed by atoms with Crippen molar-refractivity contribution in [1.82, 2.24) is 0 Å². The maximum Gasteiger partial charge on any atom is 0.0490 e. The zero-order chi connectivity index (χ0) is 9.40. The fourth-order valence-corrected chi connectivity index (χ4v) is 1.05. The van der Waals surface area contributed by atoms with Crippen LogP contribution in [0.3, 0.4) is 0 Å². The SMILES string of the molecule is C.C.C.C.C.[CH2-]C(CCC)COCC(C)CC.[Y]. The van der Waals surface area contributed by atoms with E-state index in [1.54, 1.807) is 0 Å². The third-order valence-electron chi connectivity index (χ3n) is 2.15. The molecule has 0 spiro atoms. The van der Waals surface area contributed by atoms with Crippen LogP contribution in [0, 0.1) is 18.8 Å². The average Bonchev–Trinajstić information content (AvgIpc) is 2.04. The number of hydrogen-bond acceptors (Lipinski definition) is 1. The number of rotatable bonds is 7. The fraction of sp³-hybridized carbons (Fsp3) is 0.938. The van der Waals surface area contributed by atoms with Gasteiger partial charge in [0.15, 0.2) is 0 Å². The third kappa shape index (κ3) is 30.3. The van der Waals surface area contributed by atoms with Crippen LogP contribution < -0.4 is 0 Å². The molecule has 2 unspecified atom stereocenters. The van der Waals surface area contributed by atoms with Gasteiger partial charge < -0.3 is 11.7 Å².